The van der Waals surface area contributed by atoms with Crippen molar-refractivity contribution < 1.29 is 0 Å². The molecule has 0 spiro atoms. The minimum atomic E-state index is 0. The zero-order valence-electron chi connectivity index (χ0n) is 2.04. The molecular weight excluding hydrogens is 250 g/mol. The molecular formula is H11Cl5Mg3. The quantitative estimate of drug-likeness (QED) is 0.509. The Morgan fingerprint density at radius 3 is 0.250 bits per heavy atom. The van der Waals surface area contributed by atoms with Crippen LogP contribution in [-0.2, 0) is 0 Å². The van der Waals surface area contributed by atoms with E-state index in [-0.39, 0.29) is 131 Å². The fraction of sp³-hybridized carbons (Fsp3) is 0. The lowest BCUT2D eigenvalue weighted by Crippen LogP contribution is -0.382. The lowest BCUT2D eigenvalue weighted by molar-refractivity contribution is 5.75. The summed E-state index contributed by atoms with van der Waals surface area (Å²) in [4.78, 5) is 0. The van der Waals surface area contributed by atoms with Gasteiger partial charge in [-0.25, -0.2) is 0 Å². The van der Waals surface area contributed by atoms with Crippen molar-refractivity contribution in [1.82, 2.24) is 0 Å². The van der Waals surface area contributed by atoms with Crippen LogP contribution in [0.25, 0.3) is 0 Å². The third kappa shape index (κ3) is 53.1. The van der Waals surface area contributed by atoms with Crippen molar-refractivity contribution in [2.45, 2.75) is 0 Å². The number of rotatable bonds is 0. The van der Waals surface area contributed by atoms with Crippen LogP contribution in [0.5, 0.6) is 0 Å². The van der Waals surface area contributed by atoms with Crippen LogP contribution in [0.4, 0.5) is 0 Å². The molecule has 0 aliphatic carbocycles. The summed E-state index contributed by atoms with van der Waals surface area (Å²) in [6, 6.07) is 0. The maximum Gasteiger partial charge on any atom is 0.316 e. The van der Waals surface area contributed by atoms with Crippen LogP contribution in [0.15, 0.2) is 0 Å². The zero-order valence-corrected chi connectivity index (χ0v) is 6.12. The van der Waals surface area contributed by atoms with Crippen LogP contribution < -0.4 is 0 Å². The summed E-state index contributed by atoms with van der Waals surface area (Å²) in [7, 11) is 0. The van der Waals surface area contributed by atoms with Crippen molar-refractivity contribution >= 4 is 131 Å². The minimum absolute atomic E-state index is 0. The lowest BCUT2D eigenvalue weighted by Gasteiger charge is -0.148. The number of hydrogen-bond donors (Lipinski definition) is 0. The molecule has 8 heteroatoms. The molecule has 0 heterocycles. The Kier molecular flexibility index (Phi) is 878. The molecule has 0 aromatic heterocycles. The van der Waals surface area contributed by atoms with Crippen LogP contribution in [0.1, 0.15) is 0 Å². The Balaban J connectivity index is 0. The first-order valence-electron chi connectivity index (χ1n) is 0. The topological polar surface area (TPSA) is 0 Å². The summed E-state index contributed by atoms with van der Waals surface area (Å²) in [5.41, 5.74) is 0. The van der Waals surface area contributed by atoms with Gasteiger partial charge in [0.05, 0.1) is 0 Å². The van der Waals surface area contributed by atoms with Gasteiger partial charge < -0.3 is 0 Å². The highest BCUT2D eigenvalue weighted by molar-refractivity contribution is 5.86. The van der Waals surface area contributed by atoms with E-state index in [1.165, 1.54) is 0 Å². The van der Waals surface area contributed by atoms with Gasteiger partial charge in [-0.05, 0) is 0 Å². The summed E-state index contributed by atoms with van der Waals surface area (Å²) in [5, 5.41) is 0. The standard InChI is InChI=1S/5ClH.3Mg.6H/h5*1H;;;;;;;;;. The Morgan fingerprint density at radius 2 is 0.250 bits per heavy atom. The first-order chi connectivity index (χ1) is 0. The van der Waals surface area contributed by atoms with E-state index < -0.39 is 0 Å². The maximum atomic E-state index is 0. The average Bonchev–Trinajstić information content (AvgIpc) is 0. The van der Waals surface area contributed by atoms with Crippen molar-refractivity contribution in [3.63, 3.8) is 0 Å². The molecule has 0 rings (SSSR count). The first-order valence-corrected chi connectivity index (χ1v) is 0. The van der Waals surface area contributed by atoms with Crippen molar-refractivity contribution in [3.05, 3.63) is 0 Å². The molecule has 0 aromatic rings. The molecule has 0 radical (unpaired) electrons. The zero-order chi connectivity index (χ0) is 0. The van der Waals surface area contributed by atoms with E-state index in [0.717, 1.165) is 0 Å². The maximum absolute atomic E-state index is 0. The van der Waals surface area contributed by atoms with Crippen LogP contribution in [0.3, 0.4) is 0 Å². The lowest BCUT2D eigenvalue weighted by atomic mass is 24.3. The smallest absolute Gasteiger partial charge is 0.147 e. The minimum Gasteiger partial charge on any atom is -0.147 e. The highest BCUT2D eigenvalue weighted by atomic mass is 35.5. The molecule has 0 fully saturated rings. The number of hydrogen-bond acceptors (Lipinski definition) is 0. The fourth-order valence-corrected chi connectivity index (χ4v) is 0. The third-order valence-corrected chi connectivity index (χ3v) is 0. The second kappa shape index (κ2) is 72.7. The molecule has 0 saturated carbocycles. The molecule has 0 N–H and O–H groups in total. The Labute approximate surface area is 129 Å². The molecule has 0 unspecified atom stereocenters. The van der Waals surface area contributed by atoms with Crippen molar-refractivity contribution in [1.29, 1.82) is 0 Å². The predicted molar refractivity (Wildman–Crippen MR) is 61.9 cm³/mol. The second-order valence-corrected chi connectivity index (χ2v) is 0. The first kappa shape index (κ1) is 96.6. The third-order valence-electron chi connectivity index (χ3n) is 0. The molecule has 0 amide bonds. The van der Waals surface area contributed by atoms with Crippen molar-refractivity contribution in [3.8, 4) is 0 Å². The van der Waals surface area contributed by atoms with E-state index in [1.54, 1.807) is 0 Å². The van der Waals surface area contributed by atoms with Gasteiger partial charge >= 0.3 is 69.2 Å². The fourth-order valence-electron chi connectivity index (χ4n) is 0. The van der Waals surface area contributed by atoms with Crippen LogP contribution in [0.2, 0.25) is 0 Å². The van der Waals surface area contributed by atoms with Gasteiger partial charge in [0.25, 0.3) is 0 Å². The summed E-state index contributed by atoms with van der Waals surface area (Å²) >= 11 is 0. The monoisotopic (exact) mass is 258 g/mol. The second-order valence-electron chi connectivity index (χ2n) is 0. The van der Waals surface area contributed by atoms with E-state index in [1.807, 2.05) is 0 Å². The molecule has 0 atom stereocenters. The Bertz CT molecular complexity index is 7.64. The van der Waals surface area contributed by atoms with Gasteiger partial charge in [-0.2, -0.15) is 0 Å². The molecule has 0 bridgehead atoms. The van der Waals surface area contributed by atoms with E-state index in [2.05, 4.69) is 0 Å². The van der Waals surface area contributed by atoms with Gasteiger partial charge in [-0.3, -0.25) is 0 Å². The van der Waals surface area contributed by atoms with Crippen LogP contribution in [-0.4, -0.2) is 69.2 Å². The van der Waals surface area contributed by atoms with E-state index in [0.29, 0.717) is 0 Å². The summed E-state index contributed by atoms with van der Waals surface area (Å²) < 4.78 is 0. The molecule has 0 aliphatic rings. The SMILES string of the molecule is Cl.Cl.Cl.Cl.Cl.[MgH2].[MgH2].[MgH2]. The summed E-state index contributed by atoms with van der Waals surface area (Å²) in [6.45, 7) is 0. The molecule has 0 saturated heterocycles. The number of halogens is 5. The van der Waals surface area contributed by atoms with Crippen LogP contribution in [0, 0.1) is 0 Å². The highest BCUT2D eigenvalue weighted by Gasteiger charge is 0.318. The molecule has 0 nitrogen and oxygen atoms in total. The predicted octanol–water partition coefficient (Wildman–Crippen LogP) is -0.640. The van der Waals surface area contributed by atoms with Gasteiger partial charge in [-0.15, -0.1) is 62.0 Å². The van der Waals surface area contributed by atoms with Gasteiger partial charge in [-0.1, -0.05) is 0 Å². The van der Waals surface area contributed by atoms with Crippen LogP contribution >= 0.6 is 62.0 Å². The van der Waals surface area contributed by atoms with Crippen molar-refractivity contribution in [2.75, 3.05) is 0 Å². The Hall–Kier alpha value is 3.75. The van der Waals surface area contributed by atoms with Gasteiger partial charge in [0.15, 0.2) is 0 Å². The summed E-state index contributed by atoms with van der Waals surface area (Å²) in [6.07, 6.45) is 0. The molecule has 52 valence electrons. The van der Waals surface area contributed by atoms with E-state index >= 15 is 0 Å². The summed E-state index contributed by atoms with van der Waals surface area (Å²) in [5.74, 6) is 0. The highest BCUT2D eigenvalue weighted by Crippen LogP contribution is 0.694. The van der Waals surface area contributed by atoms with E-state index in [4.69, 9.17) is 0 Å². The van der Waals surface area contributed by atoms with Gasteiger partial charge in [0, 0.05) is 0 Å². The van der Waals surface area contributed by atoms with Crippen molar-refractivity contribution in [2.24, 2.45) is 0 Å². The average molecular weight is 261 g/mol. The largest absolute Gasteiger partial charge is 0.316 e. The Morgan fingerprint density at radius 1 is 0.250 bits per heavy atom. The molecule has 0 aromatic carbocycles. The normalized spacial score (nSPS) is 0. The van der Waals surface area contributed by atoms with E-state index in [9.17, 15) is 0 Å². The van der Waals surface area contributed by atoms with Gasteiger partial charge in [0.1, 0.15) is 0 Å². The molecule has 8 heavy (non-hydrogen) atoms. The molecule has 0 aliphatic heterocycles. The van der Waals surface area contributed by atoms with Gasteiger partial charge in [0.2, 0.25) is 0 Å².